The van der Waals surface area contributed by atoms with E-state index >= 15 is 0 Å². The summed E-state index contributed by atoms with van der Waals surface area (Å²) in [4.78, 5) is 4.33. The monoisotopic (exact) mass is 212 g/mol. The lowest BCUT2D eigenvalue weighted by Crippen LogP contribution is -2.05. The van der Waals surface area contributed by atoms with E-state index in [-0.39, 0.29) is 0 Å². The maximum absolute atomic E-state index is 4.33. The van der Waals surface area contributed by atoms with Gasteiger partial charge in [0.05, 0.1) is 0 Å². The molecule has 0 amide bonds. The van der Waals surface area contributed by atoms with Crippen molar-refractivity contribution >= 4 is 0 Å². The van der Waals surface area contributed by atoms with Crippen LogP contribution >= 0.6 is 0 Å². The van der Waals surface area contributed by atoms with Crippen LogP contribution in [0.25, 0.3) is 0 Å². The first-order valence-corrected chi connectivity index (χ1v) is 5.51. The molecule has 0 aliphatic heterocycles. The highest BCUT2D eigenvalue weighted by Gasteiger charge is 1.98. The van der Waals surface area contributed by atoms with E-state index in [4.69, 9.17) is 0 Å². The largest absolute Gasteiger partial charge is 0.316 e. The van der Waals surface area contributed by atoms with Crippen LogP contribution in [0.4, 0.5) is 0 Å². The second-order valence-electron chi connectivity index (χ2n) is 3.85. The molecule has 0 saturated carbocycles. The van der Waals surface area contributed by atoms with Gasteiger partial charge in [-0.1, -0.05) is 30.3 Å². The third-order valence-electron chi connectivity index (χ3n) is 2.48. The standard InChI is InChI=1S/C14H16N2/c1-15-11-13-6-4-5-12(9-13)10-14-7-2-3-8-16-14/h2-9,15H,10-11H2,1H3. The van der Waals surface area contributed by atoms with Crippen LogP contribution in [-0.4, -0.2) is 12.0 Å². The topological polar surface area (TPSA) is 24.9 Å². The number of hydrogen-bond acceptors (Lipinski definition) is 2. The van der Waals surface area contributed by atoms with Gasteiger partial charge in [-0.05, 0) is 30.3 Å². The lowest BCUT2D eigenvalue weighted by molar-refractivity contribution is 0.816. The van der Waals surface area contributed by atoms with Crippen molar-refractivity contribution in [3.63, 3.8) is 0 Å². The van der Waals surface area contributed by atoms with Gasteiger partial charge in [0, 0.05) is 24.9 Å². The maximum atomic E-state index is 4.33. The molecule has 2 aromatic rings. The van der Waals surface area contributed by atoms with Crippen molar-refractivity contribution in [3.05, 3.63) is 65.5 Å². The average molecular weight is 212 g/mol. The van der Waals surface area contributed by atoms with Crippen molar-refractivity contribution in [1.29, 1.82) is 0 Å². The van der Waals surface area contributed by atoms with Gasteiger partial charge in [0.1, 0.15) is 0 Å². The molecule has 2 heteroatoms. The van der Waals surface area contributed by atoms with E-state index < -0.39 is 0 Å². The van der Waals surface area contributed by atoms with E-state index in [1.807, 2.05) is 25.4 Å². The first kappa shape index (κ1) is 10.8. The molecule has 1 heterocycles. The summed E-state index contributed by atoms with van der Waals surface area (Å²) in [5.41, 5.74) is 3.74. The molecule has 0 bridgehead atoms. The van der Waals surface area contributed by atoms with Gasteiger partial charge in [0.25, 0.3) is 0 Å². The Balaban J connectivity index is 2.12. The van der Waals surface area contributed by atoms with Crippen molar-refractivity contribution in [2.75, 3.05) is 7.05 Å². The Morgan fingerprint density at radius 1 is 1.06 bits per heavy atom. The second-order valence-corrected chi connectivity index (χ2v) is 3.85. The van der Waals surface area contributed by atoms with E-state index in [0.717, 1.165) is 18.7 Å². The molecule has 0 aliphatic carbocycles. The summed E-state index contributed by atoms with van der Waals surface area (Å²) < 4.78 is 0. The van der Waals surface area contributed by atoms with Crippen LogP contribution in [0.15, 0.2) is 48.7 Å². The predicted molar refractivity (Wildman–Crippen MR) is 66.2 cm³/mol. The summed E-state index contributed by atoms with van der Waals surface area (Å²) >= 11 is 0. The van der Waals surface area contributed by atoms with Crippen LogP contribution in [0.5, 0.6) is 0 Å². The molecular formula is C14H16N2. The summed E-state index contributed by atoms with van der Waals surface area (Å²) in [6, 6.07) is 14.6. The van der Waals surface area contributed by atoms with Crippen molar-refractivity contribution in [3.8, 4) is 0 Å². The Morgan fingerprint density at radius 2 is 1.94 bits per heavy atom. The first-order valence-electron chi connectivity index (χ1n) is 5.51. The highest BCUT2D eigenvalue weighted by Crippen LogP contribution is 2.09. The molecule has 0 unspecified atom stereocenters. The fourth-order valence-electron chi connectivity index (χ4n) is 1.77. The molecular weight excluding hydrogens is 196 g/mol. The summed E-state index contributed by atoms with van der Waals surface area (Å²) in [5, 5.41) is 3.16. The second kappa shape index (κ2) is 5.42. The Morgan fingerprint density at radius 3 is 2.69 bits per heavy atom. The zero-order valence-corrected chi connectivity index (χ0v) is 9.48. The number of benzene rings is 1. The average Bonchev–Trinajstić information content (AvgIpc) is 2.31. The number of aromatic nitrogens is 1. The highest BCUT2D eigenvalue weighted by molar-refractivity contribution is 5.27. The Bertz CT molecular complexity index is 437. The molecule has 0 saturated heterocycles. The van der Waals surface area contributed by atoms with Gasteiger partial charge in [-0.15, -0.1) is 0 Å². The lowest BCUT2D eigenvalue weighted by Gasteiger charge is -2.04. The molecule has 82 valence electrons. The van der Waals surface area contributed by atoms with Crippen molar-refractivity contribution in [2.24, 2.45) is 0 Å². The normalized spacial score (nSPS) is 10.3. The number of nitrogens with zero attached hydrogens (tertiary/aromatic N) is 1. The quantitative estimate of drug-likeness (QED) is 0.841. The predicted octanol–water partition coefficient (Wildman–Crippen LogP) is 2.39. The number of hydrogen-bond donors (Lipinski definition) is 1. The van der Waals surface area contributed by atoms with Crippen LogP contribution in [0, 0.1) is 0 Å². The minimum atomic E-state index is 0.901. The third-order valence-corrected chi connectivity index (χ3v) is 2.48. The van der Waals surface area contributed by atoms with E-state index in [9.17, 15) is 0 Å². The first-order chi connectivity index (χ1) is 7.88. The van der Waals surface area contributed by atoms with E-state index in [2.05, 4.69) is 40.6 Å². The summed E-state index contributed by atoms with van der Waals surface area (Å²) in [6.45, 7) is 0.913. The molecule has 1 aromatic heterocycles. The Kier molecular flexibility index (Phi) is 3.67. The Labute approximate surface area is 96.4 Å². The molecule has 0 radical (unpaired) electrons. The number of nitrogens with one attached hydrogen (secondary N) is 1. The van der Waals surface area contributed by atoms with Crippen molar-refractivity contribution in [1.82, 2.24) is 10.3 Å². The number of pyridine rings is 1. The van der Waals surface area contributed by atoms with E-state index in [1.165, 1.54) is 11.1 Å². The molecule has 1 N–H and O–H groups in total. The summed E-state index contributed by atoms with van der Waals surface area (Å²) in [5.74, 6) is 0. The van der Waals surface area contributed by atoms with Gasteiger partial charge < -0.3 is 5.32 Å². The fourth-order valence-corrected chi connectivity index (χ4v) is 1.77. The van der Waals surface area contributed by atoms with Gasteiger partial charge in [0.2, 0.25) is 0 Å². The molecule has 1 aromatic carbocycles. The summed E-state index contributed by atoms with van der Waals surface area (Å²) in [6.07, 6.45) is 2.74. The van der Waals surface area contributed by atoms with Crippen LogP contribution in [0.1, 0.15) is 16.8 Å². The van der Waals surface area contributed by atoms with Crippen LogP contribution in [0.3, 0.4) is 0 Å². The fraction of sp³-hybridized carbons (Fsp3) is 0.214. The smallest absolute Gasteiger partial charge is 0.0447 e. The van der Waals surface area contributed by atoms with Crippen molar-refractivity contribution < 1.29 is 0 Å². The van der Waals surface area contributed by atoms with Crippen molar-refractivity contribution in [2.45, 2.75) is 13.0 Å². The zero-order valence-electron chi connectivity index (χ0n) is 9.48. The van der Waals surface area contributed by atoms with Crippen LogP contribution < -0.4 is 5.32 Å². The van der Waals surface area contributed by atoms with Crippen LogP contribution in [0.2, 0.25) is 0 Å². The molecule has 16 heavy (non-hydrogen) atoms. The van der Waals surface area contributed by atoms with Gasteiger partial charge >= 0.3 is 0 Å². The number of rotatable bonds is 4. The third kappa shape index (κ3) is 2.91. The van der Waals surface area contributed by atoms with Gasteiger partial charge in [-0.2, -0.15) is 0 Å². The molecule has 0 atom stereocenters. The van der Waals surface area contributed by atoms with Gasteiger partial charge in [-0.3, -0.25) is 4.98 Å². The highest BCUT2D eigenvalue weighted by atomic mass is 14.8. The molecule has 2 nitrogen and oxygen atoms in total. The maximum Gasteiger partial charge on any atom is 0.0447 e. The minimum absolute atomic E-state index is 0.901. The Hall–Kier alpha value is -1.67. The minimum Gasteiger partial charge on any atom is -0.316 e. The van der Waals surface area contributed by atoms with E-state index in [0.29, 0.717) is 0 Å². The molecule has 0 spiro atoms. The zero-order chi connectivity index (χ0) is 11.2. The summed E-state index contributed by atoms with van der Waals surface area (Å²) in [7, 11) is 1.96. The SMILES string of the molecule is CNCc1cccc(Cc2ccccn2)c1. The van der Waals surface area contributed by atoms with Gasteiger partial charge in [-0.25, -0.2) is 0 Å². The molecule has 0 fully saturated rings. The van der Waals surface area contributed by atoms with Gasteiger partial charge in [0.15, 0.2) is 0 Å². The molecule has 0 aliphatic rings. The molecule has 2 rings (SSSR count). The van der Waals surface area contributed by atoms with Crippen LogP contribution in [-0.2, 0) is 13.0 Å². The van der Waals surface area contributed by atoms with E-state index in [1.54, 1.807) is 0 Å². The lowest BCUT2D eigenvalue weighted by atomic mass is 10.1.